The van der Waals surface area contributed by atoms with Crippen molar-refractivity contribution >= 4 is 11.2 Å². The van der Waals surface area contributed by atoms with Crippen molar-refractivity contribution in [3.05, 3.63) is 96.7 Å². The molecule has 5 aromatic rings. The second kappa shape index (κ2) is 7.43. The summed E-state index contributed by atoms with van der Waals surface area (Å²) in [7, 11) is 0. The van der Waals surface area contributed by atoms with Gasteiger partial charge in [-0.2, -0.15) is 0 Å². The number of aromatic nitrogens is 2. The predicted octanol–water partition coefficient (Wildman–Crippen LogP) is 6.56. The molecule has 0 bridgehead atoms. The van der Waals surface area contributed by atoms with Crippen LogP contribution < -0.4 is 5.73 Å². The zero-order valence-corrected chi connectivity index (χ0v) is 17.7. The van der Waals surface area contributed by atoms with Crippen molar-refractivity contribution in [1.29, 1.82) is 0 Å². The highest BCUT2D eigenvalue weighted by Gasteiger charge is 2.34. The molecule has 0 amide bonds. The van der Waals surface area contributed by atoms with Crippen LogP contribution in [0.25, 0.3) is 44.9 Å². The summed E-state index contributed by atoms with van der Waals surface area (Å²) in [4.78, 5) is 9.59. The Kier molecular flexibility index (Phi) is 4.40. The highest BCUT2D eigenvalue weighted by Crippen LogP contribution is 2.42. The van der Waals surface area contributed by atoms with E-state index in [1.165, 1.54) is 12.0 Å². The molecule has 0 radical (unpaired) electrons. The maximum Gasteiger partial charge on any atom is 0.246 e. The van der Waals surface area contributed by atoms with Crippen molar-refractivity contribution in [2.75, 3.05) is 0 Å². The van der Waals surface area contributed by atoms with E-state index in [1.54, 1.807) is 6.20 Å². The van der Waals surface area contributed by atoms with Gasteiger partial charge in [-0.05, 0) is 30.4 Å². The predicted molar refractivity (Wildman–Crippen MR) is 128 cm³/mol. The lowest BCUT2D eigenvalue weighted by Crippen LogP contribution is -2.43. The molecule has 2 aromatic heterocycles. The summed E-state index contributed by atoms with van der Waals surface area (Å²) in [6.07, 6.45) is 5.06. The molecular weight excluding hydrogens is 394 g/mol. The number of nitrogens with two attached hydrogens (primary N) is 1. The van der Waals surface area contributed by atoms with Crippen LogP contribution in [-0.2, 0) is 5.54 Å². The Labute approximate surface area is 186 Å². The van der Waals surface area contributed by atoms with Gasteiger partial charge in [0.15, 0.2) is 0 Å². The van der Waals surface area contributed by atoms with E-state index in [4.69, 9.17) is 15.1 Å². The van der Waals surface area contributed by atoms with Crippen LogP contribution in [0.15, 0.2) is 95.5 Å². The summed E-state index contributed by atoms with van der Waals surface area (Å²) in [5.41, 5.74) is 13.7. The smallest absolute Gasteiger partial charge is 0.246 e. The number of rotatable bonds is 4. The van der Waals surface area contributed by atoms with Gasteiger partial charge in [-0.3, -0.25) is 0 Å². The van der Waals surface area contributed by atoms with E-state index in [2.05, 4.69) is 41.4 Å². The Morgan fingerprint density at radius 1 is 0.750 bits per heavy atom. The van der Waals surface area contributed by atoms with Crippen LogP contribution in [0.1, 0.15) is 24.8 Å². The van der Waals surface area contributed by atoms with Gasteiger partial charge < -0.3 is 10.2 Å². The summed E-state index contributed by atoms with van der Waals surface area (Å²) in [5, 5.41) is 0. The first-order valence-electron chi connectivity index (χ1n) is 11.0. The summed E-state index contributed by atoms with van der Waals surface area (Å²) >= 11 is 0. The second-order valence-electron chi connectivity index (χ2n) is 8.53. The fraction of sp³-hybridized carbons (Fsp3) is 0.143. The molecule has 156 valence electrons. The van der Waals surface area contributed by atoms with Crippen LogP contribution in [-0.4, -0.2) is 9.97 Å². The average molecular weight is 418 g/mol. The monoisotopic (exact) mass is 417 g/mol. The van der Waals surface area contributed by atoms with Gasteiger partial charge in [-0.1, -0.05) is 84.9 Å². The lowest BCUT2D eigenvalue weighted by atomic mass is 9.72. The SMILES string of the molecule is NC1(c2ccc(-c3oc4ncc(-c5ccccc5)nc4c3-c3ccccc3)cc2)CCC1. The third-order valence-corrected chi connectivity index (χ3v) is 6.50. The van der Waals surface area contributed by atoms with E-state index >= 15 is 0 Å². The number of furan rings is 1. The summed E-state index contributed by atoms with van der Waals surface area (Å²) in [6.45, 7) is 0. The van der Waals surface area contributed by atoms with E-state index in [-0.39, 0.29) is 5.54 Å². The van der Waals surface area contributed by atoms with Crippen molar-refractivity contribution in [1.82, 2.24) is 9.97 Å². The van der Waals surface area contributed by atoms with Gasteiger partial charge in [0.2, 0.25) is 5.71 Å². The number of fused-ring (bicyclic) bond motifs is 1. The van der Waals surface area contributed by atoms with Crippen LogP contribution in [0.3, 0.4) is 0 Å². The van der Waals surface area contributed by atoms with Gasteiger partial charge in [0.25, 0.3) is 0 Å². The minimum absolute atomic E-state index is 0.178. The molecule has 32 heavy (non-hydrogen) atoms. The topological polar surface area (TPSA) is 64.9 Å². The number of nitrogens with zero attached hydrogens (tertiary/aromatic N) is 2. The Morgan fingerprint density at radius 3 is 2.03 bits per heavy atom. The highest BCUT2D eigenvalue weighted by molar-refractivity contribution is 5.98. The summed E-state index contributed by atoms with van der Waals surface area (Å²) < 4.78 is 6.29. The second-order valence-corrected chi connectivity index (χ2v) is 8.53. The van der Waals surface area contributed by atoms with E-state index in [1.807, 2.05) is 48.5 Å². The van der Waals surface area contributed by atoms with Crippen LogP contribution in [0, 0.1) is 0 Å². The van der Waals surface area contributed by atoms with Gasteiger partial charge in [-0.25, -0.2) is 9.97 Å². The molecule has 1 fully saturated rings. The molecule has 4 nitrogen and oxygen atoms in total. The molecule has 0 aliphatic heterocycles. The fourth-order valence-corrected chi connectivity index (χ4v) is 4.49. The fourth-order valence-electron chi connectivity index (χ4n) is 4.49. The molecule has 2 heterocycles. The first kappa shape index (κ1) is 19.0. The molecule has 2 N–H and O–H groups in total. The number of benzene rings is 3. The van der Waals surface area contributed by atoms with E-state index in [0.717, 1.165) is 52.1 Å². The Morgan fingerprint density at radius 2 is 1.41 bits per heavy atom. The van der Waals surface area contributed by atoms with Crippen molar-refractivity contribution < 1.29 is 4.42 Å². The maximum atomic E-state index is 6.52. The van der Waals surface area contributed by atoms with Crippen molar-refractivity contribution in [3.63, 3.8) is 0 Å². The molecule has 0 unspecified atom stereocenters. The molecule has 6 rings (SSSR count). The average Bonchev–Trinajstić information content (AvgIpc) is 3.22. The summed E-state index contributed by atoms with van der Waals surface area (Å²) in [6, 6.07) is 28.8. The van der Waals surface area contributed by atoms with Crippen molar-refractivity contribution in [3.8, 4) is 33.7 Å². The Bertz CT molecular complexity index is 1390. The third kappa shape index (κ3) is 3.12. The van der Waals surface area contributed by atoms with E-state index in [9.17, 15) is 0 Å². The Hall–Kier alpha value is -3.76. The lowest BCUT2D eigenvalue weighted by Gasteiger charge is -2.38. The maximum absolute atomic E-state index is 6.52. The number of hydrogen-bond acceptors (Lipinski definition) is 4. The highest BCUT2D eigenvalue weighted by atomic mass is 16.3. The molecule has 0 saturated heterocycles. The molecular formula is C28H23N3O. The zero-order valence-electron chi connectivity index (χ0n) is 17.7. The van der Waals surface area contributed by atoms with Crippen molar-refractivity contribution in [2.24, 2.45) is 5.73 Å². The van der Waals surface area contributed by atoms with Crippen LogP contribution >= 0.6 is 0 Å². The van der Waals surface area contributed by atoms with Crippen LogP contribution in [0.2, 0.25) is 0 Å². The Balaban J connectivity index is 1.53. The number of hydrogen-bond donors (Lipinski definition) is 1. The van der Waals surface area contributed by atoms with E-state index < -0.39 is 0 Å². The molecule has 4 heteroatoms. The molecule has 3 aromatic carbocycles. The van der Waals surface area contributed by atoms with Crippen molar-refractivity contribution in [2.45, 2.75) is 24.8 Å². The third-order valence-electron chi connectivity index (χ3n) is 6.50. The molecule has 1 saturated carbocycles. The van der Waals surface area contributed by atoms with Gasteiger partial charge in [0.1, 0.15) is 11.3 Å². The minimum Gasteiger partial charge on any atom is -0.436 e. The van der Waals surface area contributed by atoms with Gasteiger partial charge in [-0.15, -0.1) is 0 Å². The van der Waals surface area contributed by atoms with Crippen LogP contribution in [0.5, 0.6) is 0 Å². The molecule has 0 atom stereocenters. The summed E-state index contributed by atoms with van der Waals surface area (Å²) in [5.74, 6) is 0.780. The van der Waals surface area contributed by atoms with Gasteiger partial charge >= 0.3 is 0 Å². The lowest BCUT2D eigenvalue weighted by molar-refractivity contribution is 0.253. The van der Waals surface area contributed by atoms with E-state index in [0.29, 0.717) is 5.71 Å². The standard InChI is InChI=1S/C28H23N3O/c29-28(16-7-17-28)22-14-12-21(13-15-22)26-24(20-10-5-2-6-11-20)25-27(32-26)30-18-23(31-25)19-8-3-1-4-9-19/h1-6,8-15,18H,7,16-17,29H2. The zero-order chi connectivity index (χ0) is 21.5. The van der Waals surface area contributed by atoms with Gasteiger partial charge in [0, 0.05) is 16.7 Å². The normalized spacial score (nSPS) is 14.9. The largest absolute Gasteiger partial charge is 0.436 e. The first-order valence-corrected chi connectivity index (χ1v) is 11.0. The molecule has 1 aliphatic carbocycles. The van der Waals surface area contributed by atoms with Crippen LogP contribution in [0.4, 0.5) is 0 Å². The van der Waals surface area contributed by atoms with Gasteiger partial charge in [0.05, 0.1) is 17.5 Å². The minimum atomic E-state index is -0.178. The quantitative estimate of drug-likeness (QED) is 0.359. The first-order chi connectivity index (χ1) is 15.7. The molecule has 1 aliphatic rings. The molecule has 0 spiro atoms.